The first-order valence-corrected chi connectivity index (χ1v) is 8.67. The predicted octanol–water partition coefficient (Wildman–Crippen LogP) is 0.214. The van der Waals surface area contributed by atoms with Crippen LogP contribution in [0.15, 0.2) is 41.6 Å². The second-order valence-electron chi connectivity index (χ2n) is 6.39. The Balaban J connectivity index is 0.00000210. The number of rotatable bonds is 4. The minimum absolute atomic E-state index is 0. The lowest BCUT2D eigenvalue weighted by Crippen LogP contribution is -2.49. The highest BCUT2D eigenvalue weighted by Gasteiger charge is 2.30. The molecule has 1 aliphatic heterocycles. The van der Waals surface area contributed by atoms with Crippen LogP contribution in [0.25, 0.3) is 5.65 Å². The van der Waals surface area contributed by atoms with Crippen LogP contribution in [0.1, 0.15) is 18.3 Å². The summed E-state index contributed by atoms with van der Waals surface area (Å²) in [6.45, 7) is 2.30. The fraction of sp³-hybridized carbons (Fsp3) is 0.412. The Morgan fingerprint density at radius 2 is 2.19 bits per heavy atom. The minimum Gasteiger partial charge on any atom is -0.336 e. The molecule has 4 rings (SSSR count). The van der Waals surface area contributed by atoms with Gasteiger partial charge >= 0.3 is 5.69 Å². The Kier molecular flexibility index (Phi) is 5.62. The summed E-state index contributed by atoms with van der Waals surface area (Å²) in [6.07, 6.45) is 5.52. The number of aryl methyl sites for hydroxylation is 2. The van der Waals surface area contributed by atoms with Crippen LogP contribution in [0.2, 0.25) is 0 Å². The lowest BCUT2D eigenvalue weighted by atomic mass is 10.1. The summed E-state index contributed by atoms with van der Waals surface area (Å²) in [5, 5.41) is 7.60. The molecule has 1 aliphatic rings. The van der Waals surface area contributed by atoms with E-state index in [1.807, 2.05) is 28.8 Å². The van der Waals surface area contributed by atoms with Gasteiger partial charge in [-0.15, -0.1) is 17.5 Å². The van der Waals surface area contributed by atoms with Crippen molar-refractivity contribution < 1.29 is 4.79 Å². The van der Waals surface area contributed by atoms with E-state index in [2.05, 4.69) is 15.4 Å². The van der Waals surface area contributed by atoms with Crippen LogP contribution in [-0.2, 0) is 18.4 Å². The number of pyridine rings is 1. The molecule has 1 amide bonds. The molecule has 144 valence electrons. The Morgan fingerprint density at radius 3 is 2.93 bits per heavy atom. The van der Waals surface area contributed by atoms with Gasteiger partial charge in [-0.3, -0.25) is 9.20 Å². The fourth-order valence-electron chi connectivity index (χ4n) is 3.39. The van der Waals surface area contributed by atoms with E-state index in [1.165, 1.54) is 9.08 Å². The van der Waals surface area contributed by atoms with Gasteiger partial charge in [0.25, 0.3) is 0 Å². The van der Waals surface area contributed by atoms with Crippen molar-refractivity contribution >= 4 is 24.0 Å². The fourth-order valence-corrected chi connectivity index (χ4v) is 3.39. The summed E-state index contributed by atoms with van der Waals surface area (Å²) in [7, 11) is 1.93. The number of halogens is 1. The van der Waals surface area contributed by atoms with Crippen molar-refractivity contribution in [3.63, 3.8) is 0 Å². The van der Waals surface area contributed by atoms with E-state index in [4.69, 9.17) is 0 Å². The summed E-state index contributed by atoms with van der Waals surface area (Å²) < 4.78 is 4.77. The van der Waals surface area contributed by atoms with Gasteiger partial charge in [-0.2, -0.15) is 0 Å². The molecule has 4 heterocycles. The third-order valence-corrected chi connectivity index (χ3v) is 4.75. The molecule has 1 N–H and O–H groups in total. The third-order valence-electron chi connectivity index (χ3n) is 4.75. The van der Waals surface area contributed by atoms with Gasteiger partial charge in [0.15, 0.2) is 5.65 Å². The number of hydrogen-bond acceptors (Lipinski definition) is 5. The number of carbonyl (C=O) groups excluding carboxylic acids is 1. The monoisotopic (exact) mass is 391 g/mol. The molecule has 1 atom stereocenters. The number of aromatic nitrogens is 5. The van der Waals surface area contributed by atoms with E-state index in [0.29, 0.717) is 18.7 Å². The molecule has 0 aromatic carbocycles. The topological polar surface area (TPSA) is 89.5 Å². The zero-order valence-electron chi connectivity index (χ0n) is 15.0. The molecular formula is C17H22ClN7O2. The second-order valence-corrected chi connectivity index (χ2v) is 6.39. The first kappa shape index (κ1) is 19.1. The average molecular weight is 392 g/mol. The molecule has 0 radical (unpaired) electrons. The predicted molar refractivity (Wildman–Crippen MR) is 102 cm³/mol. The van der Waals surface area contributed by atoms with Gasteiger partial charge in [-0.25, -0.2) is 14.5 Å². The van der Waals surface area contributed by atoms with Gasteiger partial charge < -0.3 is 14.8 Å². The normalized spacial score (nSPS) is 17.1. The second kappa shape index (κ2) is 7.93. The highest BCUT2D eigenvalue weighted by atomic mass is 35.5. The number of carbonyl (C=O) groups is 1. The maximum Gasteiger partial charge on any atom is 0.350 e. The minimum atomic E-state index is -0.227. The SMILES string of the molecule is Cl.Cn1ccnc1C1CNCCN1C(=O)CCn1nc2ccccn2c1=O. The number of nitrogens with zero attached hydrogens (tertiary/aromatic N) is 6. The number of piperazine rings is 1. The zero-order chi connectivity index (χ0) is 18.1. The van der Waals surface area contributed by atoms with Gasteiger partial charge in [-0.1, -0.05) is 6.07 Å². The zero-order valence-corrected chi connectivity index (χ0v) is 15.8. The number of amides is 1. The summed E-state index contributed by atoms with van der Waals surface area (Å²) in [5.74, 6) is 0.860. The van der Waals surface area contributed by atoms with Gasteiger partial charge in [0.1, 0.15) is 11.9 Å². The number of imidazole rings is 1. The molecular weight excluding hydrogens is 370 g/mol. The van der Waals surface area contributed by atoms with Gasteiger partial charge in [0.2, 0.25) is 5.91 Å². The Hall–Kier alpha value is -2.65. The van der Waals surface area contributed by atoms with Crippen LogP contribution >= 0.6 is 12.4 Å². The summed E-state index contributed by atoms with van der Waals surface area (Å²) >= 11 is 0. The molecule has 27 heavy (non-hydrogen) atoms. The van der Waals surface area contributed by atoms with Crippen molar-refractivity contribution in [2.24, 2.45) is 7.05 Å². The Labute approximate surface area is 162 Å². The number of nitrogens with one attached hydrogen (secondary N) is 1. The maximum atomic E-state index is 12.8. The lowest BCUT2D eigenvalue weighted by molar-refractivity contribution is -0.135. The molecule has 0 aliphatic carbocycles. The van der Waals surface area contributed by atoms with E-state index < -0.39 is 0 Å². The summed E-state index contributed by atoms with van der Waals surface area (Å²) in [4.78, 5) is 31.4. The van der Waals surface area contributed by atoms with E-state index in [9.17, 15) is 9.59 Å². The van der Waals surface area contributed by atoms with E-state index in [0.717, 1.165) is 12.4 Å². The molecule has 1 saturated heterocycles. The van der Waals surface area contributed by atoms with Crippen LogP contribution < -0.4 is 11.0 Å². The molecule has 3 aromatic rings. The van der Waals surface area contributed by atoms with Crippen LogP contribution in [0, 0.1) is 0 Å². The van der Waals surface area contributed by atoms with Crippen molar-refractivity contribution in [2.75, 3.05) is 19.6 Å². The van der Waals surface area contributed by atoms with Crippen molar-refractivity contribution in [1.29, 1.82) is 0 Å². The molecule has 3 aromatic heterocycles. The van der Waals surface area contributed by atoms with Crippen LogP contribution in [-0.4, -0.2) is 54.2 Å². The Morgan fingerprint density at radius 1 is 1.33 bits per heavy atom. The van der Waals surface area contributed by atoms with Crippen LogP contribution in [0.3, 0.4) is 0 Å². The molecule has 10 heteroatoms. The molecule has 9 nitrogen and oxygen atoms in total. The number of fused-ring (bicyclic) bond motifs is 1. The summed E-state index contributed by atoms with van der Waals surface area (Å²) in [6, 6.07) is 5.28. The van der Waals surface area contributed by atoms with Gasteiger partial charge in [-0.05, 0) is 12.1 Å². The molecule has 1 unspecified atom stereocenters. The van der Waals surface area contributed by atoms with Crippen molar-refractivity contribution in [3.8, 4) is 0 Å². The smallest absolute Gasteiger partial charge is 0.336 e. The number of hydrogen-bond donors (Lipinski definition) is 1. The first-order valence-electron chi connectivity index (χ1n) is 8.67. The van der Waals surface area contributed by atoms with Crippen LogP contribution in [0.4, 0.5) is 0 Å². The van der Waals surface area contributed by atoms with Gasteiger partial charge in [0, 0.05) is 51.7 Å². The largest absolute Gasteiger partial charge is 0.350 e. The van der Waals surface area contributed by atoms with E-state index in [1.54, 1.807) is 24.5 Å². The molecule has 0 saturated carbocycles. The van der Waals surface area contributed by atoms with E-state index in [-0.39, 0.29) is 43.0 Å². The van der Waals surface area contributed by atoms with Crippen molar-refractivity contribution in [1.82, 2.24) is 33.9 Å². The quantitative estimate of drug-likeness (QED) is 0.687. The maximum absolute atomic E-state index is 12.8. The van der Waals surface area contributed by atoms with Crippen molar-refractivity contribution in [2.45, 2.75) is 19.0 Å². The highest BCUT2D eigenvalue weighted by molar-refractivity contribution is 5.85. The van der Waals surface area contributed by atoms with Crippen LogP contribution in [0.5, 0.6) is 0 Å². The molecule has 0 spiro atoms. The first-order chi connectivity index (χ1) is 12.6. The molecule has 0 bridgehead atoms. The third kappa shape index (κ3) is 3.60. The highest BCUT2D eigenvalue weighted by Crippen LogP contribution is 2.21. The molecule has 1 fully saturated rings. The standard InChI is InChI=1S/C17H21N7O2.ClH/c1-21-10-7-19-16(21)13-12-18-6-11-22(13)15(25)5-9-24-17(26)23-8-3-2-4-14(23)20-24;/h2-4,7-8,10,13,18H,5-6,9,11-12H2,1H3;1H. The van der Waals surface area contributed by atoms with E-state index >= 15 is 0 Å². The van der Waals surface area contributed by atoms with Crippen molar-refractivity contribution in [3.05, 3.63) is 53.1 Å². The Bertz CT molecular complexity index is 992. The summed E-state index contributed by atoms with van der Waals surface area (Å²) in [5.41, 5.74) is 0.354. The lowest BCUT2D eigenvalue weighted by Gasteiger charge is -2.35. The average Bonchev–Trinajstić information content (AvgIpc) is 3.23. The van der Waals surface area contributed by atoms with Gasteiger partial charge in [0.05, 0.1) is 6.54 Å².